The zero-order valence-corrected chi connectivity index (χ0v) is 9.67. The van der Waals surface area contributed by atoms with Crippen LogP contribution in [0.25, 0.3) is 0 Å². The Hall–Kier alpha value is -0.410. The quantitative estimate of drug-likeness (QED) is 0.778. The lowest BCUT2D eigenvalue weighted by molar-refractivity contribution is 0.611. The molecule has 13 heavy (non-hydrogen) atoms. The Morgan fingerprint density at radius 2 is 2.38 bits per heavy atom. The monoisotopic (exact) mass is 213 g/mol. The zero-order chi connectivity index (χ0) is 9.84. The molecule has 0 aromatic carbocycles. The van der Waals surface area contributed by atoms with Crippen LogP contribution in [0.3, 0.4) is 0 Å². The van der Waals surface area contributed by atoms with E-state index in [1.165, 1.54) is 10.4 Å². The summed E-state index contributed by atoms with van der Waals surface area (Å²) in [4.78, 5) is 2.09. The highest BCUT2D eigenvalue weighted by atomic mass is 32.1. The smallest absolute Gasteiger partial charge is 0.0730 e. The first-order valence-electron chi connectivity index (χ1n) is 4.41. The number of aryl methyl sites for hydroxylation is 1. The molecule has 0 aliphatic carbocycles. The van der Waals surface area contributed by atoms with Crippen molar-refractivity contribution in [2.24, 2.45) is 11.7 Å². The minimum absolute atomic E-state index is 0.565. The topological polar surface area (TPSA) is 26.0 Å². The second-order valence-corrected chi connectivity index (χ2v) is 5.03. The van der Waals surface area contributed by atoms with Gasteiger partial charge in [-0.25, -0.2) is 0 Å². The maximum atomic E-state index is 5.50. The van der Waals surface area contributed by atoms with Gasteiger partial charge in [-0.3, -0.25) is 0 Å². The fraction of sp³-hybridized carbons (Fsp3) is 0.500. The Balaban J connectivity index is 2.49. The Kier molecular flexibility index (Phi) is 3.88. The van der Waals surface area contributed by atoms with Gasteiger partial charge in [-0.2, -0.15) is 0 Å². The van der Waals surface area contributed by atoms with Gasteiger partial charge in [-0.15, -0.1) is 11.3 Å². The first-order valence-corrected chi connectivity index (χ1v) is 5.69. The summed E-state index contributed by atoms with van der Waals surface area (Å²) in [6.45, 7) is 4.34. The molecule has 0 saturated carbocycles. The Morgan fingerprint density at radius 3 is 2.85 bits per heavy atom. The van der Waals surface area contributed by atoms with E-state index in [1.54, 1.807) is 0 Å². The van der Waals surface area contributed by atoms with Gasteiger partial charge in [0.2, 0.25) is 0 Å². The van der Waals surface area contributed by atoms with Gasteiger partial charge in [0, 0.05) is 11.3 Å². The minimum Gasteiger partial charge on any atom is -0.393 e. The molecule has 1 unspecified atom stereocenters. The van der Waals surface area contributed by atoms with Gasteiger partial charge in [0.15, 0.2) is 0 Å². The molecule has 0 saturated heterocycles. The molecule has 0 aliphatic heterocycles. The van der Waals surface area contributed by atoms with E-state index >= 15 is 0 Å². The van der Waals surface area contributed by atoms with E-state index in [0.29, 0.717) is 10.9 Å². The van der Waals surface area contributed by atoms with Gasteiger partial charge in [-0.05, 0) is 36.3 Å². The van der Waals surface area contributed by atoms with Crippen LogP contribution in [0.1, 0.15) is 23.8 Å². The third kappa shape index (κ3) is 3.44. The van der Waals surface area contributed by atoms with E-state index in [-0.39, 0.29) is 0 Å². The normalized spacial score (nSPS) is 12.8. The first-order chi connectivity index (χ1) is 6.09. The van der Waals surface area contributed by atoms with Crippen molar-refractivity contribution < 1.29 is 0 Å². The fourth-order valence-corrected chi connectivity index (χ4v) is 2.70. The van der Waals surface area contributed by atoms with Crippen LogP contribution in [0.4, 0.5) is 0 Å². The highest BCUT2D eigenvalue weighted by Gasteiger charge is 2.07. The highest BCUT2D eigenvalue weighted by molar-refractivity contribution is 7.80. The van der Waals surface area contributed by atoms with Crippen molar-refractivity contribution in [3.63, 3.8) is 0 Å². The Labute approximate surface area is 89.0 Å². The molecule has 72 valence electrons. The molecule has 0 radical (unpaired) electrons. The molecule has 2 N–H and O–H groups in total. The first kappa shape index (κ1) is 10.7. The van der Waals surface area contributed by atoms with E-state index in [0.717, 1.165) is 12.8 Å². The van der Waals surface area contributed by atoms with Crippen LogP contribution in [0.2, 0.25) is 0 Å². The molecular weight excluding hydrogens is 198 g/mol. The standard InChI is InChI=1S/C10H15NS2/c1-7(6-10(11)12)5-9-8(2)3-4-13-9/h3-4,7H,5-6H2,1-2H3,(H2,11,12). The zero-order valence-electron chi connectivity index (χ0n) is 8.04. The van der Waals surface area contributed by atoms with Gasteiger partial charge in [0.25, 0.3) is 0 Å². The molecule has 1 rings (SSSR count). The average Bonchev–Trinajstić information content (AvgIpc) is 2.34. The SMILES string of the molecule is Cc1ccsc1CC(C)CC(N)=S. The molecule has 0 spiro atoms. The van der Waals surface area contributed by atoms with Gasteiger partial charge in [0.05, 0.1) is 4.99 Å². The highest BCUT2D eigenvalue weighted by Crippen LogP contribution is 2.20. The van der Waals surface area contributed by atoms with Crippen LogP contribution in [0.15, 0.2) is 11.4 Å². The second kappa shape index (κ2) is 4.72. The summed E-state index contributed by atoms with van der Waals surface area (Å²) in [7, 11) is 0. The second-order valence-electron chi connectivity index (χ2n) is 3.51. The predicted molar refractivity (Wildman–Crippen MR) is 63.3 cm³/mol. The predicted octanol–water partition coefficient (Wildman–Crippen LogP) is 2.91. The van der Waals surface area contributed by atoms with Gasteiger partial charge < -0.3 is 5.73 Å². The van der Waals surface area contributed by atoms with E-state index in [2.05, 4.69) is 25.3 Å². The molecule has 0 amide bonds. The summed E-state index contributed by atoms with van der Waals surface area (Å²) < 4.78 is 0. The number of nitrogens with two attached hydrogens (primary N) is 1. The van der Waals surface area contributed by atoms with Crippen molar-refractivity contribution in [2.75, 3.05) is 0 Å². The van der Waals surface area contributed by atoms with Gasteiger partial charge in [0.1, 0.15) is 0 Å². The molecule has 1 nitrogen and oxygen atoms in total. The maximum Gasteiger partial charge on any atom is 0.0730 e. The summed E-state index contributed by atoms with van der Waals surface area (Å²) >= 11 is 6.70. The largest absolute Gasteiger partial charge is 0.393 e. The molecule has 1 aromatic rings. The average molecular weight is 213 g/mol. The number of rotatable bonds is 4. The number of thiophene rings is 1. The van der Waals surface area contributed by atoms with E-state index in [4.69, 9.17) is 18.0 Å². The van der Waals surface area contributed by atoms with Crippen molar-refractivity contribution in [2.45, 2.75) is 26.7 Å². The fourth-order valence-electron chi connectivity index (χ4n) is 1.35. The third-order valence-electron chi connectivity index (χ3n) is 2.05. The van der Waals surface area contributed by atoms with Crippen LogP contribution >= 0.6 is 23.6 Å². The van der Waals surface area contributed by atoms with Crippen LogP contribution < -0.4 is 5.73 Å². The molecule has 0 bridgehead atoms. The van der Waals surface area contributed by atoms with Crippen LogP contribution in [-0.4, -0.2) is 4.99 Å². The molecule has 0 aliphatic rings. The lowest BCUT2D eigenvalue weighted by Gasteiger charge is -2.09. The van der Waals surface area contributed by atoms with Crippen LogP contribution in [0.5, 0.6) is 0 Å². The molecule has 1 heterocycles. The Bertz CT molecular complexity index is 291. The summed E-state index contributed by atoms with van der Waals surface area (Å²) in [5.74, 6) is 0.565. The van der Waals surface area contributed by atoms with Crippen LogP contribution in [0, 0.1) is 12.8 Å². The number of thiocarbonyl (C=S) groups is 1. The number of hydrogen-bond acceptors (Lipinski definition) is 2. The lowest BCUT2D eigenvalue weighted by Crippen LogP contribution is -2.13. The van der Waals surface area contributed by atoms with Gasteiger partial charge in [-0.1, -0.05) is 19.1 Å². The van der Waals surface area contributed by atoms with Crippen molar-refractivity contribution in [3.05, 3.63) is 21.9 Å². The molecule has 1 aromatic heterocycles. The Morgan fingerprint density at radius 1 is 1.69 bits per heavy atom. The summed E-state index contributed by atoms with van der Waals surface area (Å²) in [6, 6.07) is 2.16. The van der Waals surface area contributed by atoms with Crippen molar-refractivity contribution >= 4 is 28.5 Å². The van der Waals surface area contributed by atoms with E-state index in [1.807, 2.05) is 11.3 Å². The van der Waals surface area contributed by atoms with E-state index < -0.39 is 0 Å². The third-order valence-corrected chi connectivity index (χ3v) is 3.26. The van der Waals surface area contributed by atoms with Crippen molar-refractivity contribution in [1.82, 2.24) is 0 Å². The van der Waals surface area contributed by atoms with E-state index in [9.17, 15) is 0 Å². The van der Waals surface area contributed by atoms with Crippen LogP contribution in [-0.2, 0) is 6.42 Å². The minimum atomic E-state index is 0.565. The van der Waals surface area contributed by atoms with Crippen molar-refractivity contribution in [1.29, 1.82) is 0 Å². The molecular formula is C10H15NS2. The lowest BCUT2D eigenvalue weighted by atomic mass is 10.0. The van der Waals surface area contributed by atoms with Gasteiger partial charge >= 0.3 is 0 Å². The maximum absolute atomic E-state index is 5.50. The summed E-state index contributed by atoms with van der Waals surface area (Å²) in [5, 5.41) is 2.14. The summed E-state index contributed by atoms with van der Waals surface area (Å²) in [5.41, 5.74) is 6.88. The molecule has 0 fully saturated rings. The molecule has 1 atom stereocenters. The summed E-state index contributed by atoms with van der Waals surface area (Å²) in [6.07, 6.45) is 1.95. The molecule has 3 heteroatoms. The van der Waals surface area contributed by atoms with Crippen molar-refractivity contribution in [3.8, 4) is 0 Å². The number of hydrogen-bond donors (Lipinski definition) is 1.